The Morgan fingerprint density at radius 3 is 2.45 bits per heavy atom. The molecule has 3 nitrogen and oxygen atoms in total. The van der Waals surface area contributed by atoms with Gasteiger partial charge in [0.15, 0.2) is 0 Å². The van der Waals surface area contributed by atoms with Crippen molar-refractivity contribution in [2.45, 2.75) is 4.90 Å². The SMILES string of the molecule is COc1ccc(NC(=O)/C=C/Sc2ccccc2)cc1. The summed E-state index contributed by atoms with van der Waals surface area (Å²) in [7, 11) is 1.61. The van der Waals surface area contributed by atoms with Crippen molar-refractivity contribution < 1.29 is 9.53 Å². The molecule has 20 heavy (non-hydrogen) atoms. The number of hydrogen-bond acceptors (Lipinski definition) is 3. The van der Waals surface area contributed by atoms with Gasteiger partial charge in [-0.15, -0.1) is 0 Å². The van der Waals surface area contributed by atoms with Crippen LogP contribution < -0.4 is 10.1 Å². The quantitative estimate of drug-likeness (QED) is 0.668. The van der Waals surface area contributed by atoms with Gasteiger partial charge in [-0.25, -0.2) is 0 Å². The van der Waals surface area contributed by atoms with E-state index in [9.17, 15) is 4.79 Å². The molecule has 0 aromatic heterocycles. The van der Waals surface area contributed by atoms with Gasteiger partial charge in [0.25, 0.3) is 0 Å². The highest BCUT2D eigenvalue weighted by molar-refractivity contribution is 8.02. The summed E-state index contributed by atoms with van der Waals surface area (Å²) in [6, 6.07) is 17.1. The third-order valence-electron chi connectivity index (χ3n) is 2.52. The van der Waals surface area contributed by atoms with Crippen molar-refractivity contribution in [1.82, 2.24) is 0 Å². The highest BCUT2D eigenvalue weighted by Gasteiger charge is 1.98. The predicted molar refractivity (Wildman–Crippen MR) is 83.1 cm³/mol. The molecule has 0 saturated carbocycles. The van der Waals surface area contributed by atoms with Crippen LogP contribution in [0.3, 0.4) is 0 Å². The van der Waals surface area contributed by atoms with E-state index in [1.165, 1.54) is 17.8 Å². The molecule has 0 aliphatic carbocycles. The van der Waals surface area contributed by atoms with Crippen molar-refractivity contribution in [2.24, 2.45) is 0 Å². The van der Waals surface area contributed by atoms with Crippen LogP contribution in [0, 0.1) is 0 Å². The first kappa shape index (κ1) is 14.2. The molecule has 0 bridgehead atoms. The number of carbonyl (C=O) groups excluding carboxylic acids is 1. The smallest absolute Gasteiger partial charge is 0.248 e. The largest absolute Gasteiger partial charge is 0.497 e. The second-order valence-electron chi connectivity index (χ2n) is 3.95. The fourth-order valence-electron chi connectivity index (χ4n) is 1.53. The van der Waals surface area contributed by atoms with Crippen LogP contribution in [-0.2, 0) is 4.79 Å². The first-order chi connectivity index (χ1) is 9.78. The number of benzene rings is 2. The van der Waals surface area contributed by atoms with Crippen LogP contribution in [0.25, 0.3) is 0 Å². The first-order valence-electron chi connectivity index (χ1n) is 6.11. The minimum atomic E-state index is -0.154. The number of hydrogen-bond donors (Lipinski definition) is 1. The molecule has 1 amide bonds. The zero-order valence-corrected chi connectivity index (χ0v) is 11.9. The highest BCUT2D eigenvalue weighted by Crippen LogP contribution is 2.18. The van der Waals surface area contributed by atoms with Gasteiger partial charge >= 0.3 is 0 Å². The summed E-state index contributed by atoms with van der Waals surface area (Å²) in [5, 5.41) is 4.56. The number of methoxy groups -OCH3 is 1. The minimum absolute atomic E-state index is 0.154. The van der Waals surface area contributed by atoms with Gasteiger partial charge in [0, 0.05) is 16.7 Å². The van der Waals surface area contributed by atoms with Crippen LogP contribution in [-0.4, -0.2) is 13.0 Å². The van der Waals surface area contributed by atoms with E-state index >= 15 is 0 Å². The van der Waals surface area contributed by atoms with E-state index in [0.717, 1.165) is 16.3 Å². The molecule has 0 radical (unpaired) electrons. The lowest BCUT2D eigenvalue weighted by Gasteiger charge is -2.03. The molecule has 2 aromatic carbocycles. The Morgan fingerprint density at radius 2 is 1.80 bits per heavy atom. The summed E-state index contributed by atoms with van der Waals surface area (Å²) < 4.78 is 5.06. The molecule has 0 spiro atoms. The molecular formula is C16H15NO2S. The zero-order chi connectivity index (χ0) is 14.2. The Morgan fingerprint density at radius 1 is 1.10 bits per heavy atom. The average Bonchev–Trinajstić information content (AvgIpc) is 2.49. The predicted octanol–water partition coefficient (Wildman–Crippen LogP) is 3.94. The van der Waals surface area contributed by atoms with Crippen molar-refractivity contribution in [3.05, 3.63) is 66.1 Å². The van der Waals surface area contributed by atoms with Gasteiger partial charge < -0.3 is 10.1 Å². The van der Waals surface area contributed by atoms with Gasteiger partial charge in [0.2, 0.25) is 5.91 Å². The van der Waals surface area contributed by atoms with Crippen LogP contribution in [0.15, 0.2) is 71.0 Å². The molecule has 102 valence electrons. The van der Waals surface area contributed by atoms with E-state index in [4.69, 9.17) is 4.74 Å². The summed E-state index contributed by atoms with van der Waals surface area (Å²) in [5.74, 6) is 0.608. The summed E-state index contributed by atoms with van der Waals surface area (Å²) in [6.07, 6.45) is 1.52. The topological polar surface area (TPSA) is 38.3 Å². The lowest BCUT2D eigenvalue weighted by molar-refractivity contribution is -0.111. The molecule has 0 saturated heterocycles. The van der Waals surface area contributed by atoms with Crippen LogP contribution >= 0.6 is 11.8 Å². The molecule has 0 fully saturated rings. The average molecular weight is 285 g/mol. The lowest BCUT2D eigenvalue weighted by atomic mass is 10.3. The normalized spacial score (nSPS) is 10.4. The third-order valence-corrected chi connectivity index (χ3v) is 3.34. The number of carbonyl (C=O) groups is 1. The lowest BCUT2D eigenvalue weighted by Crippen LogP contribution is -2.07. The van der Waals surface area contributed by atoms with Gasteiger partial charge in [-0.3, -0.25) is 4.79 Å². The molecule has 0 unspecified atom stereocenters. The number of nitrogens with one attached hydrogen (secondary N) is 1. The number of anilines is 1. The maximum atomic E-state index is 11.7. The summed E-state index contributed by atoms with van der Waals surface area (Å²) in [6.45, 7) is 0. The van der Waals surface area contributed by atoms with Gasteiger partial charge in [-0.05, 0) is 41.8 Å². The van der Waals surface area contributed by atoms with E-state index in [0.29, 0.717) is 0 Å². The first-order valence-corrected chi connectivity index (χ1v) is 6.99. The van der Waals surface area contributed by atoms with Gasteiger partial charge in [-0.2, -0.15) is 0 Å². The van der Waals surface area contributed by atoms with Gasteiger partial charge in [0.05, 0.1) is 7.11 Å². The van der Waals surface area contributed by atoms with E-state index in [1.54, 1.807) is 36.8 Å². The van der Waals surface area contributed by atoms with Crippen LogP contribution in [0.4, 0.5) is 5.69 Å². The second kappa shape index (κ2) is 7.40. The summed E-state index contributed by atoms with van der Waals surface area (Å²) in [5.41, 5.74) is 0.741. The Balaban J connectivity index is 1.85. The maximum Gasteiger partial charge on any atom is 0.248 e. The van der Waals surface area contributed by atoms with E-state index in [2.05, 4.69) is 5.32 Å². The highest BCUT2D eigenvalue weighted by atomic mass is 32.2. The second-order valence-corrected chi connectivity index (χ2v) is 4.93. The van der Waals surface area contributed by atoms with E-state index in [-0.39, 0.29) is 5.91 Å². The summed E-state index contributed by atoms with van der Waals surface area (Å²) >= 11 is 1.50. The van der Waals surface area contributed by atoms with Gasteiger partial charge in [-0.1, -0.05) is 30.0 Å². The molecule has 0 aliphatic rings. The molecular weight excluding hydrogens is 270 g/mol. The molecule has 0 heterocycles. The van der Waals surface area contributed by atoms with Crippen LogP contribution in [0.2, 0.25) is 0 Å². The fourth-order valence-corrected chi connectivity index (χ4v) is 2.19. The Labute approximate surface area is 122 Å². The number of amides is 1. The molecule has 0 aliphatic heterocycles. The van der Waals surface area contributed by atoms with Crippen molar-refractivity contribution in [3.63, 3.8) is 0 Å². The Bertz CT molecular complexity index is 579. The fraction of sp³-hybridized carbons (Fsp3) is 0.0625. The van der Waals surface area contributed by atoms with Gasteiger partial charge in [0.1, 0.15) is 5.75 Å². The minimum Gasteiger partial charge on any atom is -0.497 e. The van der Waals surface area contributed by atoms with Crippen LogP contribution in [0.5, 0.6) is 5.75 Å². The van der Waals surface area contributed by atoms with E-state index in [1.807, 2.05) is 30.3 Å². The number of thioether (sulfide) groups is 1. The number of rotatable bonds is 5. The van der Waals surface area contributed by atoms with Crippen molar-refractivity contribution in [2.75, 3.05) is 12.4 Å². The number of ether oxygens (including phenoxy) is 1. The van der Waals surface area contributed by atoms with E-state index < -0.39 is 0 Å². The van der Waals surface area contributed by atoms with Crippen molar-refractivity contribution >= 4 is 23.4 Å². The summed E-state index contributed by atoms with van der Waals surface area (Å²) in [4.78, 5) is 12.8. The standard InChI is InChI=1S/C16H15NO2S/c1-19-14-9-7-13(8-10-14)17-16(18)11-12-20-15-5-3-2-4-6-15/h2-12H,1H3,(H,17,18)/b12-11+. The Hall–Kier alpha value is -2.20. The molecule has 2 aromatic rings. The van der Waals surface area contributed by atoms with Crippen molar-refractivity contribution in [3.8, 4) is 5.75 Å². The third kappa shape index (κ3) is 4.48. The zero-order valence-electron chi connectivity index (χ0n) is 11.1. The molecule has 1 N–H and O–H groups in total. The van der Waals surface area contributed by atoms with Crippen LogP contribution in [0.1, 0.15) is 0 Å². The molecule has 4 heteroatoms. The molecule has 2 rings (SSSR count). The monoisotopic (exact) mass is 285 g/mol. The van der Waals surface area contributed by atoms with Crippen molar-refractivity contribution in [1.29, 1.82) is 0 Å². The Kier molecular flexibility index (Phi) is 5.26. The maximum absolute atomic E-state index is 11.7. The molecule has 0 atom stereocenters.